The van der Waals surface area contributed by atoms with Crippen LogP contribution in [0.2, 0.25) is 5.02 Å². The molecule has 0 radical (unpaired) electrons. The molecule has 0 bridgehead atoms. The molecular formula is C25H17BrClNO4. The van der Waals surface area contributed by atoms with Gasteiger partial charge >= 0.3 is 0 Å². The standard InChI is InChI=1S/C25H17BrClNO4/c1-14(29)15-6-12-20(13-7-15)28-22(16-2-8-18(26)9-3-16)21(24(31)25(28)32)23(30)17-4-10-19(27)11-5-17/h2-13,31-32H,1H3. The number of hydrogen-bond acceptors (Lipinski definition) is 4. The van der Waals surface area contributed by atoms with E-state index in [1.807, 2.05) is 0 Å². The molecule has 3 aromatic carbocycles. The number of rotatable bonds is 5. The molecule has 0 aliphatic heterocycles. The van der Waals surface area contributed by atoms with Crippen molar-refractivity contribution in [1.82, 2.24) is 4.57 Å². The SMILES string of the molecule is CC(=O)c1ccc(-n2c(O)c(O)c(C(=O)c3ccc(Cl)cc3)c2-c2ccc(Br)cc2)cc1. The summed E-state index contributed by atoms with van der Waals surface area (Å²) in [5, 5.41) is 22.2. The molecule has 1 heterocycles. The summed E-state index contributed by atoms with van der Waals surface area (Å²) in [6, 6.07) is 20.0. The molecule has 0 saturated carbocycles. The number of ketones is 2. The molecule has 0 fully saturated rings. The van der Waals surface area contributed by atoms with E-state index in [1.54, 1.807) is 72.8 Å². The van der Waals surface area contributed by atoms with Crippen LogP contribution in [0.5, 0.6) is 11.6 Å². The van der Waals surface area contributed by atoms with Gasteiger partial charge in [-0.15, -0.1) is 0 Å². The molecular weight excluding hydrogens is 494 g/mol. The van der Waals surface area contributed by atoms with E-state index >= 15 is 0 Å². The minimum Gasteiger partial charge on any atom is -0.503 e. The maximum atomic E-state index is 13.4. The summed E-state index contributed by atoms with van der Waals surface area (Å²) in [6.45, 7) is 1.46. The summed E-state index contributed by atoms with van der Waals surface area (Å²) < 4.78 is 2.23. The fraction of sp³-hybridized carbons (Fsp3) is 0.0400. The fourth-order valence-corrected chi connectivity index (χ4v) is 3.88. The Bertz CT molecular complexity index is 1320. The summed E-state index contributed by atoms with van der Waals surface area (Å²) in [4.78, 5) is 25.1. The van der Waals surface area contributed by atoms with Gasteiger partial charge in [-0.1, -0.05) is 39.7 Å². The fourth-order valence-electron chi connectivity index (χ4n) is 3.49. The number of aromatic nitrogens is 1. The normalized spacial score (nSPS) is 10.8. The highest BCUT2D eigenvalue weighted by Crippen LogP contribution is 2.44. The van der Waals surface area contributed by atoms with E-state index in [9.17, 15) is 19.8 Å². The average Bonchev–Trinajstić information content (AvgIpc) is 3.05. The largest absolute Gasteiger partial charge is 0.503 e. The Morgan fingerprint density at radius 2 is 1.41 bits per heavy atom. The van der Waals surface area contributed by atoms with Gasteiger partial charge in [-0.25, -0.2) is 0 Å². The Balaban J connectivity index is 1.98. The minimum atomic E-state index is -0.529. The first-order chi connectivity index (χ1) is 15.3. The molecule has 0 amide bonds. The van der Waals surface area contributed by atoms with Crippen molar-refractivity contribution < 1.29 is 19.8 Å². The van der Waals surface area contributed by atoms with Crippen LogP contribution >= 0.6 is 27.5 Å². The lowest BCUT2D eigenvalue weighted by Crippen LogP contribution is -2.05. The highest BCUT2D eigenvalue weighted by atomic mass is 79.9. The van der Waals surface area contributed by atoms with Gasteiger partial charge in [0, 0.05) is 26.3 Å². The molecule has 4 aromatic rings. The Hall–Kier alpha value is -3.35. The third kappa shape index (κ3) is 3.95. The van der Waals surface area contributed by atoms with Crippen molar-refractivity contribution in [1.29, 1.82) is 0 Å². The smallest absolute Gasteiger partial charge is 0.240 e. The van der Waals surface area contributed by atoms with Crippen LogP contribution in [0.25, 0.3) is 16.9 Å². The van der Waals surface area contributed by atoms with Crippen molar-refractivity contribution in [3.63, 3.8) is 0 Å². The van der Waals surface area contributed by atoms with Gasteiger partial charge in [0.1, 0.15) is 0 Å². The highest BCUT2D eigenvalue weighted by Gasteiger charge is 2.29. The van der Waals surface area contributed by atoms with Crippen molar-refractivity contribution in [2.75, 3.05) is 0 Å². The zero-order valence-corrected chi connectivity index (χ0v) is 19.2. The van der Waals surface area contributed by atoms with Crippen molar-refractivity contribution in [3.8, 4) is 28.6 Å². The number of benzene rings is 3. The lowest BCUT2D eigenvalue weighted by Gasteiger charge is -2.13. The molecule has 5 nitrogen and oxygen atoms in total. The van der Waals surface area contributed by atoms with Gasteiger partial charge in [-0.3, -0.25) is 14.2 Å². The molecule has 0 spiro atoms. The zero-order chi connectivity index (χ0) is 23.0. The van der Waals surface area contributed by atoms with Crippen molar-refractivity contribution in [2.45, 2.75) is 6.92 Å². The van der Waals surface area contributed by atoms with Crippen LogP contribution in [0.1, 0.15) is 33.2 Å². The van der Waals surface area contributed by atoms with E-state index < -0.39 is 17.4 Å². The molecule has 0 aliphatic rings. The van der Waals surface area contributed by atoms with Crippen LogP contribution in [0.15, 0.2) is 77.3 Å². The van der Waals surface area contributed by atoms with Crippen molar-refractivity contribution in [3.05, 3.63) is 99.0 Å². The van der Waals surface area contributed by atoms with E-state index in [4.69, 9.17) is 11.6 Å². The third-order valence-corrected chi connectivity index (χ3v) is 5.88. The van der Waals surface area contributed by atoms with Gasteiger partial charge in [0.25, 0.3) is 0 Å². The van der Waals surface area contributed by atoms with Gasteiger partial charge in [-0.05, 0) is 73.2 Å². The molecule has 1 aromatic heterocycles. The molecule has 0 unspecified atom stereocenters. The number of hydrogen-bond donors (Lipinski definition) is 2. The summed E-state index contributed by atoms with van der Waals surface area (Å²) in [5.74, 6) is -1.57. The molecule has 2 N–H and O–H groups in total. The Morgan fingerprint density at radius 3 is 1.97 bits per heavy atom. The highest BCUT2D eigenvalue weighted by molar-refractivity contribution is 9.10. The molecule has 7 heteroatoms. The first kappa shape index (κ1) is 21.9. The maximum Gasteiger partial charge on any atom is 0.240 e. The molecule has 0 atom stereocenters. The quantitative estimate of drug-likeness (QED) is 0.304. The average molecular weight is 511 g/mol. The van der Waals surface area contributed by atoms with E-state index in [-0.39, 0.29) is 11.3 Å². The lowest BCUT2D eigenvalue weighted by atomic mass is 9.99. The van der Waals surface area contributed by atoms with E-state index in [0.29, 0.717) is 33.1 Å². The summed E-state index contributed by atoms with van der Waals surface area (Å²) in [5.41, 5.74) is 2.19. The zero-order valence-electron chi connectivity index (χ0n) is 16.8. The van der Waals surface area contributed by atoms with Crippen LogP contribution < -0.4 is 0 Å². The van der Waals surface area contributed by atoms with E-state index in [1.165, 1.54) is 11.5 Å². The van der Waals surface area contributed by atoms with E-state index in [2.05, 4.69) is 15.9 Å². The minimum absolute atomic E-state index is 0.0391. The lowest BCUT2D eigenvalue weighted by molar-refractivity contribution is 0.101. The molecule has 32 heavy (non-hydrogen) atoms. The monoisotopic (exact) mass is 509 g/mol. The van der Waals surface area contributed by atoms with Gasteiger partial charge in [0.2, 0.25) is 5.88 Å². The van der Waals surface area contributed by atoms with E-state index in [0.717, 1.165) is 4.47 Å². The first-order valence-electron chi connectivity index (χ1n) is 9.62. The topological polar surface area (TPSA) is 79.5 Å². The molecule has 0 aliphatic carbocycles. The predicted octanol–water partition coefficient (Wildman–Crippen LogP) is 6.41. The number of nitrogens with zero attached hydrogens (tertiary/aromatic N) is 1. The van der Waals surface area contributed by atoms with Crippen LogP contribution in [0.4, 0.5) is 0 Å². The molecule has 0 saturated heterocycles. The predicted molar refractivity (Wildman–Crippen MR) is 127 cm³/mol. The van der Waals surface area contributed by atoms with Crippen molar-refractivity contribution in [2.24, 2.45) is 0 Å². The second-order valence-corrected chi connectivity index (χ2v) is 8.53. The van der Waals surface area contributed by atoms with Gasteiger partial charge in [0.15, 0.2) is 17.3 Å². The number of carbonyl (C=O) groups is 2. The Morgan fingerprint density at radius 1 is 0.844 bits per heavy atom. The van der Waals surface area contributed by atoms with Crippen LogP contribution in [0.3, 0.4) is 0 Å². The molecule has 160 valence electrons. The van der Waals surface area contributed by atoms with Crippen LogP contribution in [-0.2, 0) is 0 Å². The van der Waals surface area contributed by atoms with Gasteiger partial charge in [-0.2, -0.15) is 0 Å². The van der Waals surface area contributed by atoms with Crippen LogP contribution in [-0.4, -0.2) is 26.3 Å². The first-order valence-corrected chi connectivity index (χ1v) is 10.8. The maximum absolute atomic E-state index is 13.4. The number of halogens is 2. The van der Waals surface area contributed by atoms with Gasteiger partial charge in [0.05, 0.1) is 11.3 Å². The third-order valence-electron chi connectivity index (χ3n) is 5.10. The van der Waals surface area contributed by atoms with Gasteiger partial charge < -0.3 is 10.2 Å². The molecule has 4 rings (SSSR count). The summed E-state index contributed by atoms with van der Waals surface area (Å²) in [6.07, 6.45) is 0. The Kier molecular flexibility index (Phi) is 5.91. The number of carbonyl (C=O) groups excluding carboxylic acids is 2. The number of Topliss-reactive ketones (excluding diaryl/α,β-unsaturated/α-hetero) is 1. The Labute approximate surface area is 197 Å². The summed E-state index contributed by atoms with van der Waals surface area (Å²) in [7, 11) is 0. The van der Waals surface area contributed by atoms with Crippen molar-refractivity contribution >= 4 is 39.1 Å². The second-order valence-electron chi connectivity index (χ2n) is 7.18. The van der Waals surface area contributed by atoms with Crippen LogP contribution in [0, 0.1) is 0 Å². The second kappa shape index (κ2) is 8.65. The number of aromatic hydroxyl groups is 2. The summed E-state index contributed by atoms with van der Waals surface area (Å²) >= 11 is 9.34.